The number of nitrogens with zero attached hydrogens (tertiary/aromatic N) is 8. The maximum Gasteiger partial charge on any atom is 0.500 e. The Labute approximate surface area is 463 Å². The Kier molecular flexibility index (Phi) is 16.7. The van der Waals surface area contributed by atoms with Crippen molar-refractivity contribution >= 4 is 73.4 Å². The molecule has 2 aliphatic rings. The molecule has 0 saturated carbocycles. The molecule has 398 valence electrons. The largest absolute Gasteiger partial charge is 0.500 e. The maximum atomic E-state index is 11.8. The number of piperidine rings is 1. The molecule has 2 aromatic carbocycles. The summed E-state index contributed by atoms with van der Waals surface area (Å²) < 4.78 is 31.1. The summed E-state index contributed by atoms with van der Waals surface area (Å²) >= 11 is 3.33. The standard InChI is InChI=1S/C21H19N3O.C19H24BNO3.C13H13N3O2.C8H7BrN2/c1-15-8-10-18(19-11-9-17-12-13-24(2)20(17)23-19)21(22-15)25-14-16-6-4-3-5-7-16;1-14-11-12-16(20-23-18(2,3)19(4,5)24-20)17(21-14)22-13-15-9-7-6-8-10-15;1-16-7-6-8-2-4-10(14-12(8)16)9-3-5-11(17)15-13(9)18;1-11-5-4-6-2-3-7(9)10-8(6)11/h3-13H,14H2,1-2H3;6-12H,13H2,1-5H3;2,4,6-7,9H,3,5H2,1H3,(H,15,17,18);2-5H,1H3. The van der Waals surface area contributed by atoms with Crippen molar-refractivity contribution in [2.75, 3.05) is 0 Å². The third-order valence-corrected chi connectivity index (χ3v) is 14.4. The number of carbonyl (C=O) groups is 2. The molecular weight excluding hydrogens is 1050 g/mol. The van der Waals surface area contributed by atoms with Crippen molar-refractivity contribution in [2.45, 2.75) is 84.7 Å². The molecule has 17 heteroatoms. The summed E-state index contributed by atoms with van der Waals surface area (Å²) in [5.74, 6) is 0.424. The molecule has 15 nitrogen and oxygen atoms in total. The molecule has 12 rings (SSSR count). The number of imide groups is 1. The lowest BCUT2D eigenvalue weighted by Crippen LogP contribution is -2.41. The van der Waals surface area contributed by atoms with Crippen LogP contribution in [0.25, 0.3) is 44.4 Å². The number of nitrogens with one attached hydrogen (secondary N) is 1. The zero-order valence-corrected chi connectivity index (χ0v) is 47.0. The van der Waals surface area contributed by atoms with Gasteiger partial charge in [0, 0.05) is 79.2 Å². The van der Waals surface area contributed by atoms with Gasteiger partial charge in [-0.2, -0.15) is 0 Å². The molecule has 1 unspecified atom stereocenters. The minimum absolute atomic E-state index is 0.198. The molecule has 0 spiro atoms. The number of fused-ring (bicyclic) bond motifs is 3. The van der Waals surface area contributed by atoms with E-state index in [0.717, 1.165) is 77.2 Å². The van der Waals surface area contributed by atoms with Gasteiger partial charge in [0.1, 0.15) is 34.8 Å². The van der Waals surface area contributed by atoms with E-state index in [2.05, 4.69) is 59.4 Å². The topological polar surface area (TPSA) is 162 Å². The van der Waals surface area contributed by atoms with E-state index in [4.69, 9.17) is 23.8 Å². The van der Waals surface area contributed by atoms with Crippen LogP contribution in [-0.4, -0.2) is 68.8 Å². The van der Waals surface area contributed by atoms with Gasteiger partial charge >= 0.3 is 7.12 Å². The number of ether oxygens (including phenoxy) is 2. The number of carbonyl (C=O) groups excluding carboxylic acids is 2. The normalized spacial score (nSPS) is 15.4. The van der Waals surface area contributed by atoms with Gasteiger partial charge in [0.15, 0.2) is 0 Å². The van der Waals surface area contributed by atoms with E-state index in [9.17, 15) is 9.59 Å². The first kappa shape index (κ1) is 54.8. The fourth-order valence-corrected chi connectivity index (χ4v) is 9.11. The minimum Gasteiger partial charge on any atom is -0.473 e. The van der Waals surface area contributed by atoms with Crippen LogP contribution in [0.5, 0.6) is 11.8 Å². The summed E-state index contributed by atoms with van der Waals surface area (Å²) in [6.45, 7) is 13.0. The van der Waals surface area contributed by atoms with Gasteiger partial charge in [0.25, 0.3) is 0 Å². The van der Waals surface area contributed by atoms with E-state index in [1.165, 1.54) is 5.39 Å². The first-order valence-corrected chi connectivity index (χ1v) is 26.6. The molecule has 8 aromatic heterocycles. The summed E-state index contributed by atoms with van der Waals surface area (Å²) in [5, 5.41) is 5.71. The number of benzene rings is 2. The average Bonchev–Trinajstić information content (AvgIpc) is 4.17. The van der Waals surface area contributed by atoms with E-state index in [1.54, 1.807) is 0 Å². The Balaban J connectivity index is 0.000000131. The Bertz CT molecular complexity index is 3710. The van der Waals surface area contributed by atoms with E-state index < -0.39 is 7.12 Å². The van der Waals surface area contributed by atoms with Gasteiger partial charge in [-0.1, -0.05) is 66.7 Å². The fraction of sp³-hybridized carbons (Fsp3) is 0.262. The van der Waals surface area contributed by atoms with E-state index in [0.29, 0.717) is 37.8 Å². The molecule has 1 atom stereocenters. The first-order valence-electron chi connectivity index (χ1n) is 25.8. The van der Waals surface area contributed by atoms with Crippen molar-refractivity contribution in [3.05, 3.63) is 191 Å². The van der Waals surface area contributed by atoms with Crippen molar-refractivity contribution in [1.82, 2.24) is 43.9 Å². The highest BCUT2D eigenvalue weighted by Crippen LogP contribution is 2.37. The average molecular weight is 1110 g/mol. The van der Waals surface area contributed by atoms with Gasteiger partial charge in [-0.25, -0.2) is 24.9 Å². The first-order chi connectivity index (χ1) is 37.4. The molecule has 2 aliphatic heterocycles. The van der Waals surface area contributed by atoms with Gasteiger partial charge < -0.3 is 32.5 Å². The summed E-state index contributed by atoms with van der Waals surface area (Å²) in [6, 6.07) is 46.1. The Morgan fingerprint density at radius 1 is 0.590 bits per heavy atom. The molecule has 10 aromatic rings. The summed E-state index contributed by atoms with van der Waals surface area (Å²) in [4.78, 5) is 45.7. The Morgan fingerprint density at radius 2 is 1.09 bits per heavy atom. The second-order valence-corrected chi connectivity index (χ2v) is 21.2. The van der Waals surface area contributed by atoms with Crippen molar-refractivity contribution in [3.63, 3.8) is 0 Å². The predicted molar refractivity (Wildman–Crippen MR) is 309 cm³/mol. The second-order valence-electron chi connectivity index (χ2n) is 20.4. The van der Waals surface area contributed by atoms with Crippen molar-refractivity contribution < 1.29 is 28.4 Å². The number of aryl methyl sites for hydroxylation is 5. The number of halogens is 1. The Morgan fingerprint density at radius 3 is 1.67 bits per heavy atom. The molecule has 0 aliphatic carbocycles. The molecule has 0 bridgehead atoms. The second kappa shape index (κ2) is 23.7. The highest BCUT2D eigenvalue weighted by Gasteiger charge is 2.52. The smallest absolute Gasteiger partial charge is 0.473 e. The van der Waals surface area contributed by atoms with Crippen LogP contribution < -0.4 is 20.3 Å². The van der Waals surface area contributed by atoms with E-state index in [1.807, 2.05) is 216 Å². The third kappa shape index (κ3) is 12.9. The summed E-state index contributed by atoms with van der Waals surface area (Å²) in [6.07, 6.45) is 6.87. The minimum atomic E-state index is -0.478. The van der Waals surface area contributed by atoms with Crippen LogP contribution in [0, 0.1) is 13.8 Å². The van der Waals surface area contributed by atoms with Crippen LogP contribution in [0.1, 0.15) is 74.7 Å². The van der Waals surface area contributed by atoms with E-state index in [-0.39, 0.29) is 28.9 Å². The van der Waals surface area contributed by atoms with Crippen LogP contribution in [0.2, 0.25) is 0 Å². The molecule has 0 radical (unpaired) electrons. The third-order valence-electron chi connectivity index (χ3n) is 14.0. The predicted octanol–water partition coefficient (Wildman–Crippen LogP) is 11.2. The van der Waals surface area contributed by atoms with Crippen LogP contribution in [-0.2, 0) is 53.3 Å². The fourth-order valence-electron chi connectivity index (χ4n) is 8.81. The summed E-state index contributed by atoms with van der Waals surface area (Å²) in [5.41, 5.74) is 9.41. The summed E-state index contributed by atoms with van der Waals surface area (Å²) in [7, 11) is 5.43. The zero-order valence-electron chi connectivity index (χ0n) is 45.4. The molecule has 78 heavy (non-hydrogen) atoms. The lowest BCUT2D eigenvalue weighted by Gasteiger charge is -2.32. The number of pyridine rings is 5. The zero-order chi connectivity index (χ0) is 55.1. The van der Waals surface area contributed by atoms with Crippen molar-refractivity contribution in [1.29, 1.82) is 0 Å². The molecule has 2 fully saturated rings. The lowest BCUT2D eigenvalue weighted by atomic mass is 9.79. The van der Waals surface area contributed by atoms with Gasteiger partial charge in [-0.05, 0) is 148 Å². The van der Waals surface area contributed by atoms with Gasteiger partial charge in [0.2, 0.25) is 23.6 Å². The number of rotatable bonds is 9. The SMILES string of the molecule is Cc1ccc(-c2ccc3ccn(C)c3n2)c(OCc2ccccc2)n1.Cc1ccc(B2OC(C)(C)C(C)(C)O2)c(OCc2ccccc2)n1.Cn1ccc2ccc(Br)nc21.Cn1ccc2ccc(C3CCC(=O)NC3=O)nc21. The number of aromatic nitrogens is 8. The number of hydrogen-bond acceptors (Lipinski definition) is 11. The highest BCUT2D eigenvalue weighted by atomic mass is 79.9. The molecule has 1 N–H and O–H groups in total. The van der Waals surface area contributed by atoms with Crippen molar-refractivity contribution in [3.8, 4) is 23.0 Å². The monoisotopic (exact) mass is 1110 g/mol. The highest BCUT2D eigenvalue weighted by molar-refractivity contribution is 9.10. The van der Waals surface area contributed by atoms with E-state index >= 15 is 0 Å². The molecular formula is C61H63BBrN9O6. The molecule has 2 saturated heterocycles. The van der Waals surface area contributed by atoms with Gasteiger partial charge in [0.05, 0.1) is 34.1 Å². The Hall–Kier alpha value is -7.99. The van der Waals surface area contributed by atoms with Crippen LogP contribution in [0.3, 0.4) is 0 Å². The van der Waals surface area contributed by atoms with Crippen LogP contribution in [0.15, 0.2) is 163 Å². The van der Waals surface area contributed by atoms with Gasteiger partial charge in [-0.15, -0.1) is 0 Å². The van der Waals surface area contributed by atoms with Crippen molar-refractivity contribution in [2.24, 2.45) is 21.1 Å². The maximum absolute atomic E-state index is 11.8. The lowest BCUT2D eigenvalue weighted by molar-refractivity contribution is -0.134. The van der Waals surface area contributed by atoms with Crippen LogP contribution in [0.4, 0.5) is 0 Å². The number of amides is 2. The molecule has 10 heterocycles. The molecule has 2 amide bonds. The number of hydrogen-bond donors (Lipinski definition) is 1. The van der Waals surface area contributed by atoms with Crippen LogP contribution >= 0.6 is 15.9 Å². The van der Waals surface area contributed by atoms with Gasteiger partial charge in [-0.3, -0.25) is 14.9 Å². The quantitative estimate of drug-likeness (QED) is 0.0831.